The fourth-order valence-electron chi connectivity index (χ4n) is 0.884. The van der Waals surface area contributed by atoms with Gasteiger partial charge in [-0.25, -0.2) is 0 Å². The van der Waals surface area contributed by atoms with E-state index < -0.39 is 0 Å². The molecule has 0 aromatic carbocycles. The van der Waals surface area contributed by atoms with Gasteiger partial charge >= 0.3 is 0 Å². The molecule has 0 aromatic rings. The van der Waals surface area contributed by atoms with E-state index in [-0.39, 0.29) is 0 Å². The van der Waals surface area contributed by atoms with Gasteiger partial charge in [0.2, 0.25) is 0 Å². The first-order chi connectivity index (χ1) is 3.93. The van der Waals surface area contributed by atoms with Crippen molar-refractivity contribution >= 4 is 11.8 Å². The lowest BCUT2D eigenvalue weighted by atomic mass is 10.1. The zero-order valence-electron chi connectivity index (χ0n) is 5.23. The van der Waals surface area contributed by atoms with Crippen LogP contribution in [0.25, 0.3) is 0 Å². The monoisotopic (exact) mass is 129 g/mol. The van der Waals surface area contributed by atoms with Crippen molar-refractivity contribution in [2.75, 3.05) is 5.75 Å². The molecule has 0 N–H and O–H groups in total. The van der Waals surface area contributed by atoms with Crippen molar-refractivity contribution in [2.45, 2.75) is 30.9 Å². The van der Waals surface area contributed by atoms with Gasteiger partial charge in [0, 0.05) is 5.25 Å². The van der Waals surface area contributed by atoms with Crippen molar-refractivity contribution in [2.24, 2.45) is 0 Å². The van der Waals surface area contributed by atoms with E-state index in [0.717, 1.165) is 11.7 Å². The first kappa shape index (κ1) is 6.47. The Morgan fingerprint density at radius 2 is 2.38 bits per heavy atom. The minimum atomic E-state index is 1.01. The largest absolute Gasteiger partial charge is 0.159 e. The summed E-state index contributed by atoms with van der Waals surface area (Å²) < 4.78 is 0. The number of unbranched alkanes of at least 4 members (excludes halogenated alkanes) is 1. The fourth-order valence-corrected chi connectivity index (χ4v) is 1.79. The minimum absolute atomic E-state index is 1.01. The van der Waals surface area contributed by atoms with Crippen LogP contribution in [0.1, 0.15) is 25.7 Å². The van der Waals surface area contributed by atoms with Crippen molar-refractivity contribution in [1.29, 1.82) is 0 Å². The second-order valence-electron chi connectivity index (χ2n) is 2.28. The Hall–Kier alpha value is 0.350. The summed E-state index contributed by atoms with van der Waals surface area (Å²) >= 11 is 2.12. The third-order valence-electron chi connectivity index (χ3n) is 1.57. The molecule has 1 aliphatic rings. The zero-order valence-corrected chi connectivity index (χ0v) is 6.04. The van der Waals surface area contributed by atoms with Crippen LogP contribution in [-0.4, -0.2) is 11.0 Å². The van der Waals surface area contributed by atoms with Crippen LogP contribution in [-0.2, 0) is 0 Å². The second-order valence-corrected chi connectivity index (χ2v) is 3.69. The second kappa shape index (κ2) is 3.39. The van der Waals surface area contributed by atoms with E-state index in [1.165, 1.54) is 25.0 Å². The molecular weight excluding hydrogens is 116 g/mol. The van der Waals surface area contributed by atoms with E-state index in [9.17, 15) is 0 Å². The Balaban J connectivity index is 1.86. The number of hydrogen-bond donors (Lipinski definition) is 0. The summed E-state index contributed by atoms with van der Waals surface area (Å²) in [6.45, 7) is 3.81. The van der Waals surface area contributed by atoms with Gasteiger partial charge in [0.15, 0.2) is 0 Å². The number of thioether (sulfide) groups is 1. The summed E-state index contributed by atoms with van der Waals surface area (Å²) in [6.07, 6.45) is 5.33. The number of hydrogen-bond acceptors (Lipinski definition) is 1. The highest BCUT2D eigenvalue weighted by Gasteiger charge is 2.16. The highest BCUT2D eigenvalue weighted by Crippen LogP contribution is 2.31. The van der Waals surface area contributed by atoms with Gasteiger partial charge in [-0.15, -0.1) is 0 Å². The summed E-state index contributed by atoms with van der Waals surface area (Å²) in [6, 6.07) is 0. The normalized spacial score (nSPS) is 27.4. The Labute approximate surface area is 56.0 Å². The van der Waals surface area contributed by atoms with Crippen LogP contribution in [0.2, 0.25) is 0 Å². The predicted molar refractivity (Wildman–Crippen MR) is 40.1 cm³/mol. The van der Waals surface area contributed by atoms with Crippen LogP contribution in [0.3, 0.4) is 0 Å². The molecule has 0 spiro atoms. The molecule has 0 aromatic heterocycles. The van der Waals surface area contributed by atoms with Crippen molar-refractivity contribution in [3.05, 3.63) is 6.92 Å². The van der Waals surface area contributed by atoms with E-state index in [4.69, 9.17) is 0 Å². The molecule has 0 nitrogen and oxygen atoms in total. The van der Waals surface area contributed by atoms with E-state index >= 15 is 0 Å². The third kappa shape index (κ3) is 1.70. The maximum absolute atomic E-state index is 3.81. The predicted octanol–water partition coefficient (Wildman–Crippen LogP) is 2.50. The molecule has 1 heteroatoms. The first-order valence-corrected chi connectivity index (χ1v) is 4.39. The molecule has 0 aliphatic carbocycles. The molecule has 1 aliphatic heterocycles. The molecule has 1 unspecified atom stereocenters. The van der Waals surface area contributed by atoms with Crippen molar-refractivity contribution in [3.63, 3.8) is 0 Å². The summed E-state index contributed by atoms with van der Waals surface area (Å²) in [5.74, 6) is 1.40. The van der Waals surface area contributed by atoms with Gasteiger partial charge in [-0.1, -0.05) is 19.8 Å². The molecule has 1 saturated heterocycles. The van der Waals surface area contributed by atoms with Crippen LogP contribution in [0.4, 0.5) is 0 Å². The Bertz CT molecular complexity index is 57.4. The zero-order chi connectivity index (χ0) is 5.82. The molecule has 47 valence electrons. The van der Waals surface area contributed by atoms with Gasteiger partial charge in [0.25, 0.3) is 0 Å². The van der Waals surface area contributed by atoms with Gasteiger partial charge in [0.05, 0.1) is 0 Å². The molecule has 8 heavy (non-hydrogen) atoms. The lowest BCUT2D eigenvalue weighted by Crippen LogP contribution is -2.14. The summed E-state index contributed by atoms with van der Waals surface area (Å²) in [5, 5.41) is 1.01. The molecule has 1 atom stereocenters. The first-order valence-electron chi connectivity index (χ1n) is 3.34. The fraction of sp³-hybridized carbons (Fsp3) is 0.857. The molecule has 1 fully saturated rings. The topological polar surface area (TPSA) is 0 Å². The van der Waals surface area contributed by atoms with E-state index in [2.05, 4.69) is 18.7 Å². The quantitative estimate of drug-likeness (QED) is 0.564. The summed E-state index contributed by atoms with van der Waals surface area (Å²) in [5.41, 5.74) is 0. The van der Waals surface area contributed by atoms with Crippen molar-refractivity contribution < 1.29 is 0 Å². The van der Waals surface area contributed by atoms with Crippen LogP contribution >= 0.6 is 11.8 Å². The highest BCUT2D eigenvalue weighted by atomic mass is 32.2. The Morgan fingerprint density at radius 3 is 2.75 bits per heavy atom. The van der Waals surface area contributed by atoms with Crippen LogP contribution in [0, 0.1) is 6.92 Å². The molecule has 1 radical (unpaired) electrons. The maximum atomic E-state index is 3.81. The van der Waals surface area contributed by atoms with Crippen LogP contribution < -0.4 is 0 Å². The van der Waals surface area contributed by atoms with Crippen LogP contribution in [0.15, 0.2) is 0 Å². The summed E-state index contributed by atoms with van der Waals surface area (Å²) in [7, 11) is 0. The smallest absolute Gasteiger partial charge is 0.00549 e. The summed E-state index contributed by atoms with van der Waals surface area (Å²) in [4.78, 5) is 0. The van der Waals surface area contributed by atoms with Crippen LogP contribution in [0.5, 0.6) is 0 Å². The van der Waals surface area contributed by atoms with Gasteiger partial charge in [0.1, 0.15) is 0 Å². The molecular formula is C7H13S. The third-order valence-corrected chi connectivity index (χ3v) is 2.98. The Kier molecular flexibility index (Phi) is 2.74. The lowest BCUT2D eigenvalue weighted by Gasteiger charge is -2.24. The molecule has 0 bridgehead atoms. The van der Waals surface area contributed by atoms with Crippen molar-refractivity contribution in [1.82, 2.24) is 0 Å². The molecule has 1 rings (SSSR count). The SMILES string of the molecule is [CH2]CCCC1CCS1. The highest BCUT2D eigenvalue weighted by molar-refractivity contribution is 8.01. The van der Waals surface area contributed by atoms with E-state index in [0.29, 0.717) is 0 Å². The molecule has 1 heterocycles. The van der Waals surface area contributed by atoms with E-state index in [1.54, 1.807) is 0 Å². The van der Waals surface area contributed by atoms with Gasteiger partial charge < -0.3 is 0 Å². The number of rotatable bonds is 3. The van der Waals surface area contributed by atoms with E-state index in [1.807, 2.05) is 0 Å². The molecule has 0 saturated carbocycles. The average Bonchev–Trinajstić information content (AvgIpc) is 1.63. The minimum Gasteiger partial charge on any atom is -0.159 e. The Morgan fingerprint density at radius 1 is 1.62 bits per heavy atom. The average molecular weight is 129 g/mol. The standard InChI is InChI=1S/C7H13S/c1-2-3-4-7-5-6-8-7/h7H,1-6H2. The lowest BCUT2D eigenvalue weighted by molar-refractivity contribution is 0.667. The van der Waals surface area contributed by atoms with Gasteiger partial charge in [-0.05, 0) is 18.6 Å². The van der Waals surface area contributed by atoms with Gasteiger partial charge in [-0.2, -0.15) is 11.8 Å². The van der Waals surface area contributed by atoms with Gasteiger partial charge in [-0.3, -0.25) is 0 Å². The maximum Gasteiger partial charge on any atom is 0.00549 e. The molecule has 0 amide bonds. The van der Waals surface area contributed by atoms with Crippen molar-refractivity contribution in [3.8, 4) is 0 Å².